The van der Waals surface area contributed by atoms with Crippen molar-refractivity contribution in [2.75, 3.05) is 23.0 Å². The van der Waals surface area contributed by atoms with Gasteiger partial charge in [-0.25, -0.2) is 4.79 Å². The third-order valence-electron chi connectivity index (χ3n) is 5.02. The molecule has 0 aromatic heterocycles. The Balaban J connectivity index is 1.89. The summed E-state index contributed by atoms with van der Waals surface area (Å²) in [6, 6.07) is 15.5. The molecule has 0 fully saturated rings. The number of carboxylic acid groups (broad SMARTS) is 1. The Morgan fingerprint density at radius 2 is 1.60 bits per heavy atom. The molecule has 0 unspecified atom stereocenters. The maximum absolute atomic E-state index is 13.0. The van der Waals surface area contributed by atoms with E-state index in [1.54, 1.807) is 24.3 Å². The van der Waals surface area contributed by atoms with Gasteiger partial charge in [0, 0.05) is 18.8 Å². The van der Waals surface area contributed by atoms with Gasteiger partial charge in [-0.3, -0.25) is 9.35 Å². The molecule has 0 atom stereocenters. The van der Waals surface area contributed by atoms with E-state index in [2.05, 4.69) is 17.2 Å². The number of carbonyl (C=O) groups is 2. The van der Waals surface area contributed by atoms with Gasteiger partial charge in [0.25, 0.3) is 16.0 Å². The van der Waals surface area contributed by atoms with Crippen LogP contribution in [0.5, 0.6) is 0 Å². The molecule has 11 nitrogen and oxygen atoms in total. The Kier molecular flexibility index (Phi) is 7.61. The van der Waals surface area contributed by atoms with Gasteiger partial charge in [-0.1, -0.05) is 12.1 Å². The van der Waals surface area contributed by atoms with Crippen LogP contribution in [0.1, 0.15) is 18.4 Å². The highest BCUT2D eigenvalue weighted by molar-refractivity contribution is 7.85. The number of amides is 1. The summed E-state index contributed by atoms with van der Waals surface area (Å²) in [5.41, 5.74) is 0.751. The lowest BCUT2D eigenvalue weighted by molar-refractivity contribution is -0.129. The number of nitriles is 2. The summed E-state index contributed by atoms with van der Waals surface area (Å²) in [6.07, 6.45) is 1.94. The lowest BCUT2D eigenvalue weighted by Gasteiger charge is -2.22. The molecule has 1 heterocycles. The molecule has 12 heteroatoms. The fraction of sp³-hybridized carbons (Fsp3) is 0.174. The molecule has 1 aliphatic rings. The molecule has 0 saturated heterocycles. The van der Waals surface area contributed by atoms with Crippen molar-refractivity contribution in [1.82, 2.24) is 0 Å². The largest absolute Gasteiger partial charge is 0.476 e. The zero-order chi connectivity index (χ0) is 25.6. The molecule has 2 aromatic carbocycles. The molecule has 35 heavy (non-hydrogen) atoms. The summed E-state index contributed by atoms with van der Waals surface area (Å²) in [7, 11) is -4.43. The van der Waals surface area contributed by atoms with Gasteiger partial charge in [-0.05, 0) is 48.0 Å². The second kappa shape index (κ2) is 10.6. The molecule has 178 valence electrons. The number of hydrogen-bond donors (Lipinski definition) is 2. The number of hydrogen-bond acceptors (Lipinski definition) is 8. The molecule has 0 aliphatic carbocycles. The summed E-state index contributed by atoms with van der Waals surface area (Å²) in [5.74, 6) is -2.15. The van der Waals surface area contributed by atoms with E-state index in [1.165, 1.54) is 18.2 Å². The third-order valence-corrected chi connectivity index (χ3v) is 5.88. The minimum absolute atomic E-state index is 0.116. The number of hydrazone groups is 1. The van der Waals surface area contributed by atoms with E-state index < -0.39 is 27.7 Å². The van der Waals surface area contributed by atoms with Crippen molar-refractivity contribution in [1.29, 1.82) is 10.5 Å². The number of carboxylic acids is 1. The predicted molar refractivity (Wildman–Crippen MR) is 126 cm³/mol. The number of rotatable bonds is 9. The minimum atomic E-state index is -4.43. The van der Waals surface area contributed by atoms with Crippen LogP contribution in [-0.2, 0) is 19.7 Å². The van der Waals surface area contributed by atoms with E-state index in [-0.39, 0.29) is 29.0 Å². The van der Waals surface area contributed by atoms with Crippen LogP contribution in [0.3, 0.4) is 0 Å². The SMILES string of the molecule is N#CCCN(CCC#N)c1ccc(/C=C2/C(=O)N(c3ccc(S(=O)(=O)O)cc3)N=C2C(=O)O)cc1. The van der Waals surface area contributed by atoms with E-state index in [9.17, 15) is 23.1 Å². The monoisotopic (exact) mass is 493 g/mol. The first-order chi connectivity index (χ1) is 16.7. The van der Waals surface area contributed by atoms with Crippen molar-refractivity contribution < 1.29 is 27.7 Å². The first-order valence-corrected chi connectivity index (χ1v) is 11.6. The topological polar surface area (TPSA) is 175 Å². The van der Waals surface area contributed by atoms with Crippen molar-refractivity contribution in [3.8, 4) is 12.1 Å². The van der Waals surface area contributed by atoms with Crippen LogP contribution in [-0.4, -0.2) is 48.8 Å². The number of aliphatic carboxylic acids is 1. The van der Waals surface area contributed by atoms with Gasteiger partial charge >= 0.3 is 5.97 Å². The van der Waals surface area contributed by atoms with Crippen molar-refractivity contribution in [2.45, 2.75) is 17.7 Å². The average Bonchev–Trinajstić information content (AvgIpc) is 3.15. The van der Waals surface area contributed by atoms with Crippen molar-refractivity contribution in [3.05, 3.63) is 59.7 Å². The van der Waals surface area contributed by atoms with Crippen molar-refractivity contribution in [2.24, 2.45) is 5.10 Å². The Morgan fingerprint density at radius 3 is 2.09 bits per heavy atom. The highest BCUT2D eigenvalue weighted by atomic mass is 32.2. The van der Waals surface area contributed by atoms with Gasteiger partial charge in [0.2, 0.25) is 0 Å². The van der Waals surface area contributed by atoms with Crippen molar-refractivity contribution in [3.63, 3.8) is 0 Å². The summed E-state index contributed by atoms with van der Waals surface area (Å²) >= 11 is 0. The van der Waals surface area contributed by atoms with Crippen LogP contribution >= 0.6 is 0 Å². The molecular formula is C23H19N5O6S. The van der Waals surface area contributed by atoms with Crippen LogP contribution in [0.2, 0.25) is 0 Å². The van der Waals surface area contributed by atoms with E-state index in [0.29, 0.717) is 18.7 Å². The molecule has 2 N–H and O–H groups in total. The summed E-state index contributed by atoms with van der Waals surface area (Å²) < 4.78 is 31.6. The zero-order valence-corrected chi connectivity index (χ0v) is 19.0. The number of anilines is 2. The third kappa shape index (κ3) is 5.89. The Morgan fingerprint density at radius 1 is 1.03 bits per heavy atom. The van der Waals surface area contributed by atoms with Gasteiger partial charge < -0.3 is 10.0 Å². The summed E-state index contributed by atoms with van der Waals surface area (Å²) in [6.45, 7) is 0.885. The van der Waals surface area contributed by atoms with Gasteiger partial charge in [0.15, 0.2) is 5.71 Å². The molecule has 0 radical (unpaired) electrons. The second-order valence-corrected chi connectivity index (χ2v) is 8.71. The molecular weight excluding hydrogens is 474 g/mol. The van der Waals surface area contributed by atoms with Crippen LogP contribution < -0.4 is 9.91 Å². The van der Waals surface area contributed by atoms with Crippen LogP contribution in [0.4, 0.5) is 11.4 Å². The Bertz CT molecular complexity index is 1370. The molecule has 2 aromatic rings. The van der Waals surface area contributed by atoms with Crippen molar-refractivity contribution >= 4 is 45.2 Å². The van der Waals surface area contributed by atoms with Gasteiger partial charge in [0.1, 0.15) is 0 Å². The maximum atomic E-state index is 13.0. The molecule has 0 bridgehead atoms. The zero-order valence-electron chi connectivity index (χ0n) is 18.2. The smallest absolute Gasteiger partial charge is 0.357 e. The Labute approximate surface area is 201 Å². The van der Waals surface area contributed by atoms with Crippen LogP contribution in [0, 0.1) is 22.7 Å². The first kappa shape index (κ1) is 25.1. The van der Waals surface area contributed by atoms with E-state index in [4.69, 9.17) is 15.1 Å². The fourth-order valence-corrected chi connectivity index (χ4v) is 3.81. The van der Waals surface area contributed by atoms with Gasteiger partial charge in [-0.2, -0.15) is 29.1 Å². The fourth-order valence-electron chi connectivity index (χ4n) is 3.32. The van der Waals surface area contributed by atoms with Crippen LogP contribution in [0.25, 0.3) is 6.08 Å². The lowest BCUT2D eigenvalue weighted by Crippen LogP contribution is -2.25. The predicted octanol–water partition coefficient (Wildman–Crippen LogP) is 2.44. The highest BCUT2D eigenvalue weighted by Gasteiger charge is 2.35. The van der Waals surface area contributed by atoms with Gasteiger partial charge in [-0.15, -0.1) is 0 Å². The highest BCUT2D eigenvalue weighted by Crippen LogP contribution is 2.27. The van der Waals surface area contributed by atoms with Gasteiger partial charge in [0.05, 0.1) is 41.1 Å². The number of nitrogens with zero attached hydrogens (tertiary/aromatic N) is 5. The summed E-state index contributed by atoms with van der Waals surface area (Å²) in [4.78, 5) is 26.2. The normalized spacial score (nSPS) is 14.4. The molecule has 1 aliphatic heterocycles. The lowest BCUT2D eigenvalue weighted by atomic mass is 10.1. The quantitative estimate of drug-likeness (QED) is 0.392. The van der Waals surface area contributed by atoms with E-state index in [1.807, 2.05) is 4.90 Å². The van der Waals surface area contributed by atoms with E-state index >= 15 is 0 Å². The molecule has 0 spiro atoms. The number of carbonyl (C=O) groups excluding carboxylic acids is 1. The molecule has 0 saturated carbocycles. The molecule has 3 rings (SSSR count). The molecule has 1 amide bonds. The Hall–Kier alpha value is -4.52. The number of benzene rings is 2. The van der Waals surface area contributed by atoms with E-state index in [0.717, 1.165) is 22.8 Å². The maximum Gasteiger partial charge on any atom is 0.357 e. The average molecular weight is 494 g/mol. The second-order valence-electron chi connectivity index (χ2n) is 7.29. The minimum Gasteiger partial charge on any atom is -0.476 e. The van der Waals surface area contributed by atoms with Crippen LogP contribution in [0.15, 0.2) is 64.1 Å². The first-order valence-electron chi connectivity index (χ1n) is 10.2. The summed E-state index contributed by atoms with van der Waals surface area (Å²) in [5, 5.41) is 32.0. The standard InChI is InChI=1S/C23H19N5O6S/c24-11-1-13-27(14-2-12-25)17-5-3-16(4-6-17)15-20-21(23(30)31)26-28(22(20)29)18-7-9-19(10-8-18)35(32,33)34/h3-10,15H,1-2,13-14H2,(H,30,31)(H,32,33,34)/b20-15+.